The van der Waals surface area contributed by atoms with Crippen LogP contribution in [0.3, 0.4) is 0 Å². The number of fused-ring (bicyclic) bond motifs is 2. The Bertz CT molecular complexity index is 931. The van der Waals surface area contributed by atoms with Crippen molar-refractivity contribution in [1.29, 1.82) is 0 Å². The minimum Gasteiger partial charge on any atom is -0.481 e. The molecule has 0 bridgehead atoms. The minimum absolute atomic E-state index is 0.144. The van der Waals surface area contributed by atoms with E-state index in [4.69, 9.17) is 21.3 Å². The van der Waals surface area contributed by atoms with Crippen molar-refractivity contribution < 1.29 is 14.6 Å². The SMILES string of the molecule is CCC(C(=O)O)[C@@H]1CN(C2=Nc3cc(Cl)ccc3Oc3ccccc32)CCN1. The zero-order valence-corrected chi connectivity index (χ0v) is 16.3. The number of amidine groups is 1. The molecule has 28 heavy (non-hydrogen) atoms. The second kappa shape index (κ2) is 7.81. The molecule has 1 fully saturated rings. The Morgan fingerprint density at radius 1 is 1.36 bits per heavy atom. The van der Waals surface area contributed by atoms with E-state index in [1.165, 1.54) is 0 Å². The molecule has 4 rings (SSSR count). The van der Waals surface area contributed by atoms with E-state index in [1.54, 1.807) is 12.1 Å². The lowest BCUT2D eigenvalue weighted by Crippen LogP contribution is -2.56. The molecular formula is C21H22ClN3O3. The highest BCUT2D eigenvalue weighted by Gasteiger charge is 2.33. The van der Waals surface area contributed by atoms with Gasteiger partial charge in [0.25, 0.3) is 0 Å². The van der Waals surface area contributed by atoms with E-state index in [0.717, 1.165) is 23.7 Å². The topological polar surface area (TPSA) is 74.2 Å². The van der Waals surface area contributed by atoms with Crippen LogP contribution in [0.4, 0.5) is 5.69 Å². The normalized spacial score (nSPS) is 19.6. The summed E-state index contributed by atoms with van der Waals surface area (Å²) in [7, 11) is 0. The van der Waals surface area contributed by atoms with Crippen LogP contribution >= 0.6 is 11.6 Å². The highest BCUT2D eigenvalue weighted by Crippen LogP contribution is 2.39. The Morgan fingerprint density at radius 2 is 2.18 bits per heavy atom. The first-order valence-corrected chi connectivity index (χ1v) is 9.81. The third-order valence-electron chi connectivity index (χ3n) is 5.24. The van der Waals surface area contributed by atoms with Gasteiger partial charge in [-0.1, -0.05) is 30.7 Å². The van der Waals surface area contributed by atoms with Crippen LogP contribution < -0.4 is 10.1 Å². The lowest BCUT2D eigenvalue weighted by atomic mass is 9.94. The van der Waals surface area contributed by atoms with Gasteiger partial charge in [0.1, 0.15) is 17.3 Å². The quantitative estimate of drug-likeness (QED) is 0.818. The number of para-hydroxylation sites is 1. The number of aliphatic carboxylic acids is 1. The van der Waals surface area contributed by atoms with E-state index in [9.17, 15) is 9.90 Å². The van der Waals surface area contributed by atoms with Gasteiger partial charge >= 0.3 is 5.97 Å². The van der Waals surface area contributed by atoms with Crippen molar-refractivity contribution in [3.8, 4) is 11.5 Å². The number of ether oxygens (including phenoxy) is 1. The molecule has 2 aromatic carbocycles. The van der Waals surface area contributed by atoms with Gasteiger partial charge < -0.3 is 20.1 Å². The van der Waals surface area contributed by atoms with Crippen LogP contribution in [0.2, 0.25) is 5.02 Å². The number of rotatable bonds is 3. The Morgan fingerprint density at radius 3 is 2.96 bits per heavy atom. The van der Waals surface area contributed by atoms with Crippen LogP contribution in [0.5, 0.6) is 11.5 Å². The van der Waals surface area contributed by atoms with Crippen LogP contribution in [0.15, 0.2) is 47.5 Å². The number of benzene rings is 2. The van der Waals surface area contributed by atoms with Gasteiger partial charge in [0, 0.05) is 30.7 Å². The second-order valence-corrected chi connectivity index (χ2v) is 7.44. The highest BCUT2D eigenvalue weighted by molar-refractivity contribution is 6.31. The van der Waals surface area contributed by atoms with E-state index >= 15 is 0 Å². The van der Waals surface area contributed by atoms with Gasteiger partial charge in [-0.25, -0.2) is 4.99 Å². The van der Waals surface area contributed by atoms with Crippen molar-refractivity contribution in [2.24, 2.45) is 10.9 Å². The van der Waals surface area contributed by atoms with Crippen molar-refractivity contribution in [2.45, 2.75) is 19.4 Å². The van der Waals surface area contributed by atoms with Crippen LogP contribution in [-0.2, 0) is 4.79 Å². The first-order valence-electron chi connectivity index (χ1n) is 9.43. The number of hydrogen-bond donors (Lipinski definition) is 2. The molecule has 146 valence electrons. The molecule has 6 nitrogen and oxygen atoms in total. The number of halogens is 1. The first-order chi connectivity index (χ1) is 13.6. The monoisotopic (exact) mass is 399 g/mol. The van der Waals surface area contributed by atoms with Gasteiger partial charge in [0.05, 0.1) is 11.5 Å². The van der Waals surface area contributed by atoms with E-state index < -0.39 is 11.9 Å². The van der Waals surface area contributed by atoms with Crippen LogP contribution in [0.1, 0.15) is 18.9 Å². The third-order valence-corrected chi connectivity index (χ3v) is 5.48. The van der Waals surface area contributed by atoms with Crippen LogP contribution in [0.25, 0.3) is 0 Å². The average Bonchev–Trinajstić information content (AvgIpc) is 2.85. The zero-order chi connectivity index (χ0) is 19.7. The summed E-state index contributed by atoms with van der Waals surface area (Å²) in [4.78, 5) is 18.7. The Labute approximate surface area is 168 Å². The Balaban J connectivity index is 1.75. The van der Waals surface area contributed by atoms with E-state index in [-0.39, 0.29) is 6.04 Å². The smallest absolute Gasteiger partial charge is 0.308 e. The number of nitrogens with one attached hydrogen (secondary N) is 1. The van der Waals surface area contributed by atoms with Gasteiger partial charge in [-0.2, -0.15) is 0 Å². The number of carboxylic acids is 1. The van der Waals surface area contributed by atoms with E-state index in [0.29, 0.717) is 36.0 Å². The molecule has 2 heterocycles. The number of carboxylic acid groups (broad SMARTS) is 1. The van der Waals surface area contributed by atoms with Gasteiger partial charge in [0.15, 0.2) is 5.75 Å². The van der Waals surface area contributed by atoms with Crippen molar-refractivity contribution in [1.82, 2.24) is 10.2 Å². The molecule has 0 saturated carbocycles. The summed E-state index contributed by atoms with van der Waals surface area (Å²) in [6.45, 7) is 3.90. The third kappa shape index (κ3) is 3.57. The molecule has 2 aliphatic rings. The first kappa shape index (κ1) is 18.8. The molecule has 2 N–H and O–H groups in total. The maximum absolute atomic E-state index is 11.6. The number of carbonyl (C=O) groups is 1. The van der Waals surface area contributed by atoms with Gasteiger partial charge in [0.2, 0.25) is 0 Å². The van der Waals surface area contributed by atoms with Gasteiger partial charge in [-0.15, -0.1) is 0 Å². The number of aliphatic imine (C=N–C) groups is 1. The van der Waals surface area contributed by atoms with Gasteiger partial charge in [-0.05, 0) is 36.8 Å². The molecule has 1 unspecified atom stereocenters. The molecule has 0 radical (unpaired) electrons. The summed E-state index contributed by atoms with van der Waals surface area (Å²) < 4.78 is 6.10. The number of hydrogen-bond acceptors (Lipinski definition) is 5. The Kier molecular flexibility index (Phi) is 5.24. The minimum atomic E-state index is -0.773. The molecule has 0 aliphatic carbocycles. The number of nitrogens with zero attached hydrogens (tertiary/aromatic N) is 2. The molecule has 0 aromatic heterocycles. The Hall–Kier alpha value is -2.57. The fourth-order valence-electron chi connectivity index (χ4n) is 3.81. The standard InChI is InChI=1S/C21H22ClN3O3/c1-2-14(21(26)27)17-12-25(10-9-23-17)20-15-5-3-4-6-18(15)28-19-8-7-13(22)11-16(19)24-20/h3-8,11,14,17,23H,2,9-10,12H2,1H3,(H,26,27)/t14?,17-/m0/s1. The summed E-state index contributed by atoms with van der Waals surface area (Å²) in [5.41, 5.74) is 1.55. The second-order valence-electron chi connectivity index (χ2n) is 7.01. The molecule has 0 amide bonds. The summed E-state index contributed by atoms with van der Waals surface area (Å²) in [5.74, 6) is 0.939. The lowest BCUT2D eigenvalue weighted by molar-refractivity contribution is -0.143. The molecule has 2 atom stereocenters. The molecule has 0 spiro atoms. The van der Waals surface area contributed by atoms with Crippen molar-refractivity contribution in [3.63, 3.8) is 0 Å². The highest BCUT2D eigenvalue weighted by atomic mass is 35.5. The maximum atomic E-state index is 11.6. The largest absolute Gasteiger partial charge is 0.481 e. The molecular weight excluding hydrogens is 378 g/mol. The van der Waals surface area contributed by atoms with Gasteiger partial charge in [-0.3, -0.25) is 4.79 Å². The van der Waals surface area contributed by atoms with Crippen molar-refractivity contribution >= 4 is 29.1 Å². The predicted molar refractivity (Wildman–Crippen MR) is 109 cm³/mol. The average molecular weight is 400 g/mol. The molecule has 1 saturated heterocycles. The molecule has 2 aliphatic heterocycles. The van der Waals surface area contributed by atoms with Crippen molar-refractivity contribution in [2.75, 3.05) is 19.6 Å². The summed E-state index contributed by atoms with van der Waals surface area (Å²) in [6.07, 6.45) is 0.575. The predicted octanol–water partition coefficient (Wildman–Crippen LogP) is 3.91. The van der Waals surface area contributed by atoms with E-state index in [2.05, 4.69) is 10.2 Å². The zero-order valence-electron chi connectivity index (χ0n) is 15.6. The lowest BCUT2D eigenvalue weighted by Gasteiger charge is -2.38. The molecule has 7 heteroatoms. The fourth-order valence-corrected chi connectivity index (χ4v) is 3.98. The van der Waals surface area contributed by atoms with Crippen LogP contribution in [-0.4, -0.2) is 47.5 Å². The maximum Gasteiger partial charge on any atom is 0.308 e. The van der Waals surface area contributed by atoms with Crippen LogP contribution in [0, 0.1) is 5.92 Å². The summed E-state index contributed by atoms with van der Waals surface area (Å²) >= 11 is 6.18. The summed E-state index contributed by atoms with van der Waals surface area (Å²) in [6, 6.07) is 13.0. The van der Waals surface area contributed by atoms with Crippen molar-refractivity contribution in [3.05, 3.63) is 53.1 Å². The van der Waals surface area contributed by atoms with E-state index in [1.807, 2.05) is 37.3 Å². The fraction of sp³-hybridized carbons (Fsp3) is 0.333. The number of piperazine rings is 1. The summed E-state index contributed by atoms with van der Waals surface area (Å²) in [5, 5.41) is 13.5. The molecule has 2 aromatic rings.